The molecule has 4 nitrogen and oxygen atoms in total. The predicted molar refractivity (Wildman–Crippen MR) is 120 cm³/mol. The first-order valence-electron chi connectivity index (χ1n) is 10.7. The Labute approximate surface area is 175 Å². The summed E-state index contributed by atoms with van der Waals surface area (Å²) in [4.78, 5) is 4.81. The Balaban J connectivity index is 2.52. The molecule has 0 unspecified atom stereocenters. The van der Waals surface area contributed by atoms with E-state index in [0.29, 0.717) is 4.90 Å². The van der Waals surface area contributed by atoms with Gasteiger partial charge in [0.25, 0.3) is 0 Å². The van der Waals surface area contributed by atoms with Gasteiger partial charge in [-0.3, -0.25) is 0 Å². The molecule has 0 saturated heterocycles. The first-order chi connectivity index (χ1) is 13.4. The number of hydrogen-bond acceptors (Lipinski definition) is 3. The van der Waals surface area contributed by atoms with Crippen LogP contribution in [0.4, 0.5) is 0 Å². The molecule has 156 valence electrons. The molecular formula is C22H36N2O2SSn. The summed E-state index contributed by atoms with van der Waals surface area (Å²) in [5, 5.41) is 0.208. The molecule has 0 aliphatic heterocycles. The standard InChI is InChI=1S/C10H9N2O2S.3C4H9.Sn/c1-12-8-7-11-10(12)15(13,14)9-5-3-2-4-6-9;3*1-3-4-2;/h2-7H,1H3;3*1,3-4H2,2H3;. The van der Waals surface area contributed by atoms with E-state index in [1.54, 1.807) is 24.3 Å². The normalized spacial score (nSPS) is 12.4. The molecule has 0 spiro atoms. The fourth-order valence-corrected chi connectivity index (χ4v) is 22.2. The molecule has 2 rings (SSSR count). The topological polar surface area (TPSA) is 52.0 Å². The zero-order valence-corrected chi connectivity index (χ0v) is 21.6. The van der Waals surface area contributed by atoms with Crippen LogP contribution in [0.25, 0.3) is 0 Å². The third-order valence-corrected chi connectivity index (χ3v) is 23.2. The van der Waals surface area contributed by atoms with Crippen LogP contribution >= 0.6 is 0 Å². The summed E-state index contributed by atoms with van der Waals surface area (Å²) in [5.41, 5.74) is 0. The van der Waals surface area contributed by atoms with E-state index in [1.165, 1.54) is 55.5 Å². The molecule has 0 saturated carbocycles. The van der Waals surface area contributed by atoms with Gasteiger partial charge in [-0.15, -0.1) is 0 Å². The van der Waals surface area contributed by atoms with Crippen LogP contribution in [0.15, 0.2) is 46.6 Å². The molecule has 2 aromatic rings. The van der Waals surface area contributed by atoms with Crippen molar-refractivity contribution in [2.75, 3.05) is 0 Å². The first-order valence-corrected chi connectivity index (χ1v) is 19.7. The molecule has 0 bridgehead atoms. The molecule has 28 heavy (non-hydrogen) atoms. The quantitative estimate of drug-likeness (QED) is 0.363. The summed E-state index contributed by atoms with van der Waals surface area (Å²) in [6.45, 7) is 6.76. The second kappa shape index (κ2) is 10.8. The van der Waals surface area contributed by atoms with Gasteiger partial charge in [0.2, 0.25) is 0 Å². The van der Waals surface area contributed by atoms with Crippen LogP contribution in [-0.2, 0) is 16.9 Å². The van der Waals surface area contributed by atoms with Gasteiger partial charge in [-0.1, -0.05) is 0 Å². The third kappa shape index (κ3) is 5.21. The van der Waals surface area contributed by atoms with Crippen LogP contribution in [0.5, 0.6) is 0 Å². The number of sulfone groups is 1. The molecule has 0 atom stereocenters. The van der Waals surface area contributed by atoms with Gasteiger partial charge in [0.05, 0.1) is 0 Å². The van der Waals surface area contributed by atoms with Crippen molar-refractivity contribution in [3.8, 4) is 0 Å². The van der Waals surface area contributed by atoms with Crippen molar-refractivity contribution in [3.05, 3.63) is 36.5 Å². The fourth-order valence-electron chi connectivity index (χ4n) is 4.14. The molecule has 1 aromatic heterocycles. The van der Waals surface area contributed by atoms with E-state index in [0.717, 1.165) is 0 Å². The van der Waals surface area contributed by atoms with E-state index >= 15 is 0 Å². The van der Waals surface area contributed by atoms with E-state index in [4.69, 9.17) is 0 Å². The summed E-state index contributed by atoms with van der Waals surface area (Å²) < 4.78 is 33.5. The minimum absolute atomic E-state index is 0.208. The first kappa shape index (κ1) is 23.5. The monoisotopic (exact) mass is 512 g/mol. The minimum atomic E-state index is -3.59. The van der Waals surface area contributed by atoms with Crippen molar-refractivity contribution >= 4 is 31.9 Å². The number of hydrogen-bond donors (Lipinski definition) is 0. The number of unbranched alkanes of at least 4 members (excludes halogenated alkanes) is 3. The SMILES string of the molecule is CCC[CH2][Sn]([CH2]CCC)([CH2]CCC)[c]1cnc(S(=O)(=O)c2ccccc2)n1C. The van der Waals surface area contributed by atoms with Crippen LogP contribution in [0.1, 0.15) is 59.3 Å². The van der Waals surface area contributed by atoms with Crippen molar-refractivity contribution in [3.63, 3.8) is 0 Å². The number of aromatic nitrogens is 2. The molecule has 1 heterocycles. The Morgan fingerprint density at radius 1 is 0.893 bits per heavy atom. The van der Waals surface area contributed by atoms with E-state index in [-0.39, 0.29) is 5.16 Å². The van der Waals surface area contributed by atoms with Crippen molar-refractivity contribution in [2.24, 2.45) is 7.05 Å². The summed E-state index contributed by atoms with van der Waals surface area (Å²) in [6.07, 6.45) is 9.26. The van der Waals surface area contributed by atoms with Gasteiger partial charge in [-0.25, -0.2) is 0 Å². The molecule has 0 aliphatic rings. The second-order valence-electron chi connectivity index (χ2n) is 7.89. The predicted octanol–water partition coefficient (Wildman–Crippen LogP) is 5.31. The fraction of sp³-hybridized carbons (Fsp3) is 0.591. The Kier molecular flexibility index (Phi) is 9.06. The number of rotatable bonds is 12. The average molecular weight is 511 g/mol. The van der Waals surface area contributed by atoms with Gasteiger partial charge in [0.1, 0.15) is 0 Å². The van der Waals surface area contributed by atoms with Gasteiger partial charge in [0.15, 0.2) is 0 Å². The van der Waals surface area contributed by atoms with Crippen molar-refractivity contribution in [1.29, 1.82) is 0 Å². The number of nitrogens with zero attached hydrogens (tertiary/aromatic N) is 2. The van der Waals surface area contributed by atoms with Gasteiger partial charge >= 0.3 is 176 Å². The molecular weight excluding hydrogens is 475 g/mol. The zero-order chi connectivity index (χ0) is 20.6. The van der Waals surface area contributed by atoms with Crippen LogP contribution in [0, 0.1) is 0 Å². The molecule has 0 radical (unpaired) electrons. The summed E-state index contributed by atoms with van der Waals surface area (Å²) in [6, 6.07) is 8.69. The number of benzene rings is 1. The zero-order valence-electron chi connectivity index (χ0n) is 17.9. The van der Waals surface area contributed by atoms with Crippen molar-refractivity contribution < 1.29 is 8.42 Å². The van der Waals surface area contributed by atoms with Crippen molar-refractivity contribution in [2.45, 2.75) is 82.7 Å². The Hall–Kier alpha value is -0.821. The molecule has 0 aliphatic carbocycles. The number of imidazole rings is 1. The van der Waals surface area contributed by atoms with Gasteiger partial charge in [-0.2, -0.15) is 0 Å². The summed E-state index contributed by atoms with van der Waals surface area (Å²) >= 11 is -2.73. The van der Waals surface area contributed by atoms with E-state index in [1.807, 2.05) is 23.9 Å². The molecule has 0 fully saturated rings. The Bertz CT molecular complexity index is 810. The van der Waals surface area contributed by atoms with Crippen molar-refractivity contribution in [1.82, 2.24) is 9.55 Å². The second-order valence-corrected chi connectivity index (χ2v) is 22.8. The maximum atomic E-state index is 13.2. The van der Waals surface area contributed by atoms with Crippen LogP contribution in [0.3, 0.4) is 0 Å². The van der Waals surface area contributed by atoms with Gasteiger partial charge in [0, 0.05) is 0 Å². The summed E-state index contributed by atoms with van der Waals surface area (Å²) in [7, 11) is -1.66. The Morgan fingerprint density at radius 2 is 1.39 bits per heavy atom. The summed E-state index contributed by atoms with van der Waals surface area (Å²) in [5.74, 6) is 0. The van der Waals surface area contributed by atoms with Gasteiger partial charge < -0.3 is 0 Å². The molecule has 0 amide bonds. The molecule has 0 N–H and O–H groups in total. The third-order valence-electron chi connectivity index (χ3n) is 5.81. The molecule has 1 aromatic carbocycles. The van der Waals surface area contributed by atoms with Crippen LogP contribution in [0.2, 0.25) is 13.3 Å². The van der Waals surface area contributed by atoms with Gasteiger partial charge in [-0.05, 0) is 0 Å². The maximum absolute atomic E-state index is 13.2. The van der Waals surface area contributed by atoms with E-state index in [9.17, 15) is 8.42 Å². The average Bonchev–Trinajstić information content (AvgIpc) is 3.11. The van der Waals surface area contributed by atoms with Crippen LogP contribution in [-0.4, -0.2) is 36.3 Å². The van der Waals surface area contributed by atoms with E-state index < -0.39 is 28.2 Å². The Morgan fingerprint density at radius 3 is 1.86 bits per heavy atom. The van der Waals surface area contributed by atoms with E-state index in [2.05, 4.69) is 25.8 Å². The molecule has 6 heteroatoms. The van der Waals surface area contributed by atoms with Crippen LogP contribution < -0.4 is 3.71 Å².